The fourth-order valence-corrected chi connectivity index (χ4v) is 2.20. The van der Waals surface area contributed by atoms with E-state index in [0.29, 0.717) is 13.0 Å². The van der Waals surface area contributed by atoms with Crippen molar-refractivity contribution in [2.45, 2.75) is 30.7 Å². The smallest absolute Gasteiger partial charge is 0.220 e. The van der Waals surface area contributed by atoms with Crippen LogP contribution in [0.15, 0.2) is 29.2 Å². The summed E-state index contributed by atoms with van der Waals surface area (Å²) in [4.78, 5) is 22.2. The van der Waals surface area contributed by atoms with Crippen LogP contribution >= 0.6 is 12.4 Å². The molecule has 0 unspecified atom stereocenters. The Balaban J connectivity index is 0.00000400. The average Bonchev–Trinajstić information content (AvgIpc) is 2.35. The van der Waals surface area contributed by atoms with E-state index in [1.165, 1.54) is 12.1 Å². The third-order valence-electron chi connectivity index (χ3n) is 2.67. The van der Waals surface area contributed by atoms with Crippen molar-refractivity contribution in [2.24, 2.45) is 5.73 Å². The summed E-state index contributed by atoms with van der Waals surface area (Å²) in [6.07, 6.45) is 2.00. The summed E-state index contributed by atoms with van der Waals surface area (Å²) in [6, 6.07) is 6.31. The largest absolute Gasteiger partial charge is 0.370 e. The highest BCUT2D eigenvalue weighted by atomic mass is 35.5. The molecule has 6 nitrogen and oxygen atoms in total. The van der Waals surface area contributed by atoms with Crippen LogP contribution in [0.2, 0.25) is 0 Å². The summed E-state index contributed by atoms with van der Waals surface area (Å²) >= 11 is 0. The van der Waals surface area contributed by atoms with Crippen LogP contribution in [0.4, 0.5) is 0 Å². The maximum absolute atomic E-state index is 11.5. The van der Waals surface area contributed by atoms with Gasteiger partial charge >= 0.3 is 0 Å². The predicted molar refractivity (Wildman–Crippen MR) is 81.7 cm³/mol. The number of benzene rings is 1. The van der Waals surface area contributed by atoms with E-state index in [4.69, 9.17) is 5.73 Å². The van der Waals surface area contributed by atoms with E-state index in [1.54, 1.807) is 12.1 Å². The first-order valence-electron chi connectivity index (χ1n) is 6.13. The number of hydrogen-bond donors (Lipinski definition) is 2. The van der Waals surface area contributed by atoms with E-state index in [-0.39, 0.29) is 36.1 Å². The van der Waals surface area contributed by atoms with E-state index in [2.05, 4.69) is 5.32 Å². The fourth-order valence-electron chi connectivity index (χ4n) is 1.57. The second-order valence-electron chi connectivity index (χ2n) is 4.51. The zero-order valence-electron chi connectivity index (χ0n) is 11.7. The van der Waals surface area contributed by atoms with Gasteiger partial charge in [0.05, 0.1) is 4.90 Å². The molecule has 0 aliphatic heterocycles. The number of hydrogen-bond acceptors (Lipinski definition) is 4. The van der Waals surface area contributed by atoms with E-state index in [9.17, 15) is 18.0 Å². The molecule has 0 aromatic heterocycles. The molecule has 0 spiro atoms. The van der Waals surface area contributed by atoms with Gasteiger partial charge in [0.2, 0.25) is 11.8 Å². The minimum Gasteiger partial charge on any atom is -0.370 e. The highest BCUT2D eigenvalue weighted by Gasteiger charge is 2.07. The normalized spacial score (nSPS) is 10.5. The van der Waals surface area contributed by atoms with Crippen LogP contribution in [0.25, 0.3) is 0 Å². The molecule has 0 radical (unpaired) electrons. The van der Waals surface area contributed by atoms with Crippen LogP contribution in [-0.4, -0.2) is 26.5 Å². The molecule has 0 fully saturated rings. The van der Waals surface area contributed by atoms with Crippen molar-refractivity contribution in [1.82, 2.24) is 5.32 Å². The van der Waals surface area contributed by atoms with E-state index in [1.807, 2.05) is 0 Å². The van der Waals surface area contributed by atoms with Crippen molar-refractivity contribution in [1.29, 1.82) is 0 Å². The Kier molecular flexibility index (Phi) is 7.98. The van der Waals surface area contributed by atoms with Gasteiger partial charge in [-0.15, -0.1) is 12.4 Å². The van der Waals surface area contributed by atoms with Crippen LogP contribution in [0, 0.1) is 0 Å². The van der Waals surface area contributed by atoms with Crippen LogP contribution in [-0.2, 0) is 26.0 Å². The Labute approximate surface area is 130 Å². The highest BCUT2D eigenvalue weighted by Crippen LogP contribution is 2.10. The Hall–Kier alpha value is -1.60. The maximum atomic E-state index is 11.5. The summed E-state index contributed by atoms with van der Waals surface area (Å²) in [5, 5.41) is 2.69. The van der Waals surface area contributed by atoms with Crippen molar-refractivity contribution in [3.8, 4) is 0 Å². The van der Waals surface area contributed by atoms with E-state index >= 15 is 0 Å². The molecule has 1 aromatic carbocycles. The van der Waals surface area contributed by atoms with Crippen molar-refractivity contribution in [2.75, 3.05) is 6.26 Å². The zero-order chi connectivity index (χ0) is 15.2. The van der Waals surface area contributed by atoms with Gasteiger partial charge in [-0.1, -0.05) is 12.1 Å². The van der Waals surface area contributed by atoms with Gasteiger partial charge in [0.25, 0.3) is 0 Å². The topological polar surface area (TPSA) is 106 Å². The van der Waals surface area contributed by atoms with Gasteiger partial charge in [0, 0.05) is 25.6 Å². The number of primary amides is 1. The first-order chi connectivity index (χ1) is 9.29. The summed E-state index contributed by atoms with van der Waals surface area (Å²) < 4.78 is 22.6. The van der Waals surface area contributed by atoms with Gasteiger partial charge in [-0.3, -0.25) is 9.59 Å². The molecule has 0 saturated heterocycles. The minimum atomic E-state index is -3.20. The van der Waals surface area contributed by atoms with Gasteiger partial charge in [-0.05, 0) is 24.1 Å². The van der Waals surface area contributed by atoms with Gasteiger partial charge in [-0.2, -0.15) is 0 Å². The minimum absolute atomic E-state index is 0. The Morgan fingerprint density at radius 1 is 1.14 bits per heavy atom. The molecule has 0 heterocycles. The van der Waals surface area contributed by atoms with Crippen LogP contribution < -0.4 is 11.1 Å². The second kappa shape index (κ2) is 8.63. The number of amides is 2. The molecule has 0 aliphatic carbocycles. The summed E-state index contributed by atoms with van der Waals surface area (Å²) in [7, 11) is -3.20. The lowest BCUT2D eigenvalue weighted by atomic mass is 10.2. The SMILES string of the molecule is CS(=O)(=O)c1ccc(CNC(=O)CCCC(N)=O)cc1.Cl. The number of nitrogens with one attached hydrogen (secondary N) is 1. The first-order valence-corrected chi connectivity index (χ1v) is 8.02. The van der Waals surface area contributed by atoms with Crippen molar-refractivity contribution >= 4 is 34.1 Å². The average molecular weight is 335 g/mol. The monoisotopic (exact) mass is 334 g/mol. The van der Waals surface area contributed by atoms with E-state index in [0.717, 1.165) is 11.8 Å². The molecule has 1 aromatic rings. The van der Waals surface area contributed by atoms with Gasteiger partial charge < -0.3 is 11.1 Å². The molecule has 1 rings (SSSR count). The molecular formula is C13H19ClN2O4S. The lowest BCUT2D eigenvalue weighted by molar-refractivity contribution is -0.121. The summed E-state index contributed by atoms with van der Waals surface area (Å²) in [6.45, 7) is 0.319. The van der Waals surface area contributed by atoms with Crippen molar-refractivity contribution < 1.29 is 18.0 Å². The van der Waals surface area contributed by atoms with Crippen LogP contribution in [0.1, 0.15) is 24.8 Å². The molecule has 0 bridgehead atoms. The Bertz CT molecular complexity index is 585. The lowest BCUT2D eigenvalue weighted by Crippen LogP contribution is -2.23. The Morgan fingerprint density at radius 3 is 2.19 bits per heavy atom. The predicted octanol–water partition coefficient (Wildman–Crippen LogP) is 0.784. The van der Waals surface area contributed by atoms with Gasteiger partial charge in [-0.25, -0.2) is 8.42 Å². The maximum Gasteiger partial charge on any atom is 0.220 e. The molecule has 3 N–H and O–H groups in total. The molecular weight excluding hydrogens is 316 g/mol. The number of sulfone groups is 1. The molecule has 2 amide bonds. The van der Waals surface area contributed by atoms with Crippen molar-refractivity contribution in [3.05, 3.63) is 29.8 Å². The molecule has 0 saturated carbocycles. The third-order valence-corrected chi connectivity index (χ3v) is 3.80. The second-order valence-corrected chi connectivity index (χ2v) is 6.53. The summed E-state index contributed by atoms with van der Waals surface area (Å²) in [5.41, 5.74) is 5.78. The molecule has 0 aliphatic rings. The molecule has 118 valence electrons. The highest BCUT2D eigenvalue weighted by molar-refractivity contribution is 7.90. The number of halogens is 1. The van der Waals surface area contributed by atoms with Gasteiger partial charge in [0.15, 0.2) is 9.84 Å². The zero-order valence-corrected chi connectivity index (χ0v) is 13.3. The standard InChI is InChI=1S/C13H18N2O4S.ClH/c1-20(18,19)11-7-5-10(6-8-11)9-15-13(17)4-2-3-12(14)16;/h5-8H,2-4,9H2,1H3,(H2,14,16)(H,15,17);1H. The van der Waals surface area contributed by atoms with Crippen LogP contribution in [0.3, 0.4) is 0 Å². The molecule has 21 heavy (non-hydrogen) atoms. The summed E-state index contributed by atoms with van der Waals surface area (Å²) in [5.74, 6) is -0.590. The molecule has 0 atom stereocenters. The number of rotatable bonds is 7. The molecule has 8 heteroatoms. The number of carbonyl (C=O) groups excluding carboxylic acids is 2. The van der Waals surface area contributed by atoms with Gasteiger partial charge in [0.1, 0.15) is 0 Å². The van der Waals surface area contributed by atoms with E-state index < -0.39 is 15.7 Å². The first kappa shape index (κ1) is 19.4. The quantitative estimate of drug-likeness (QED) is 0.768. The van der Waals surface area contributed by atoms with Crippen molar-refractivity contribution in [3.63, 3.8) is 0 Å². The number of nitrogens with two attached hydrogens (primary N) is 1. The fraction of sp³-hybridized carbons (Fsp3) is 0.385. The lowest BCUT2D eigenvalue weighted by Gasteiger charge is -2.06. The third kappa shape index (κ3) is 7.67. The van der Waals surface area contributed by atoms with Crippen LogP contribution in [0.5, 0.6) is 0 Å². The number of carbonyl (C=O) groups is 2. The Morgan fingerprint density at radius 2 is 1.71 bits per heavy atom.